The highest BCUT2D eigenvalue weighted by molar-refractivity contribution is 5.14. The van der Waals surface area contributed by atoms with E-state index >= 15 is 0 Å². The minimum absolute atomic E-state index is 0.590. The molecule has 0 aromatic heterocycles. The van der Waals surface area contributed by atoms with Crippen molar-refractivity contribution in [3.63, 3.8) is 0 Å². The van der Waals surface area contributed by atoms with E-state index in [2.05, 4.69) is 10.6 Å². The van der Waals surface area contributed by atoms with Gasteiger partial charge in [0.25, 0.3) is 0 Å². The Kier molecular flexibility index (Phi) is 2.73. The number of nitrogens with zero attached hydrogens (tertiary/aromatic N) is 1. The molecule has 0 aromatic carbocycles. The molecule has 0 saturated heterocycles. The monoisotopic (exact) mass is 157 g/mol. The Balaban J connectivity index is 2.67. The molecular formula is C7H15N3O. The van der Waals surface area contributed by atoms with E-state index in [1.165, 1.54) is 10.8 Å². The molecule has 4 nitrogen and oxygen atoms in total. The number of rotatable bonds is 2. The maximum absolute atomic E-state index is 9.16. The van der Waals surface area contributed by atoms with E-state index in [4.69, 9.17) is 5.21 Å². The Labute approximate surface area is 66.8 Å². The average Bonchev–Trinajstić information content (AvgIpc) is 2.04. The summed E-state index contributed by atoms with van der Waals surface area (Å²) in [6, 6.07) is 0. The highest BCUT2D eigenvalue weighted by Crippen LogP contribution is 2.10. The lowest BCUT2D eigenvalue weighted by Gasteiger charge is -2.25. The molecule has 0 unspecified atom stereocenters. The summed E-state index contributed by atoms with van der Waals surface area (Å²) in [5, 5.41) is 16.6. The number of likely N-dealkylation sites (N-methyl/N-ethyl adjacent to an activating group) is 1. The summed E-state index contributed by atoms with van der Waals surface area (Å²) in [6.07, 6.45) is 0.878. The largest absolute Gasteiger partial charge is 0.390 e. The van der Waals surface area contributed by atoms with Crippen molar-refractivity contribution in [3.8, 4) is 0 Å². The third-order valence-corrected chi connectivity index (χ3v) is 1.93. The number of hydrogen-bond donors (Lipinski definition) is 3. The predicted octanol–water partition coefficient (Wildman–Crippen LogP) is -0.268. The van der Waals surface area contributed by atoms with Gasteiger partial charge < -0.3 is 15.8 Å². The van der Waals surface area contributed by atoms with E-state index in [-0.39, 0.29) is 0 Å². The van der Waals surface area contributed by atoms with Crippen molar-refractivity contribution in [2.45, 2.75) is 6.42 Å². The molecule has 1 heterocycles. The lowest BCUT2D eigenvalue weighted by molar-refractivity contribution is -0.0871. The van der Waals surface area contributed by atoms with Crippen LogP contribution in [0, 0.1) is 0 Å². The SMILES string of the molecule is CNC1=C(NC)CN(O)CC1. The van der Waals surface area contributed by atoms with E-state index in [0.717, 1.165) is 12.1 Å². The minimum Gasteiger partial charge on any atom is -0.390 e. The van der Waals surface area contributed by atoms with Gasteiger partial charge in [-0.1, -0.05) is 0 Å². The summed E-state index contributed by atoms with van der Waals surface area (Å²) >= 11 is 0. The second-order valence-corrected chi connectivity index (χ2v) is 2.60. The van der Waals surface area contributed by atoms with Crippen LogP contribution in [0.5, 0.6) is 0 Å². The molecule has 0 amide bonds. The molecule has 0 atom stereocenters. The first-order valence-corrected chi connectivity index (χ1v) is 3.79. The molecule has 0 radical (unpaired) electrons. The van der Waals surface area contributed by atoms with Crippen LogP contribution in [0.15, 0.2) is 11.4 Å². The van der Waals surface area contributed by atoms with Gasteiger partial charge in [0.15, 0.2) is 0 Å². The van der Waals surface area contributed by atoms with Crippen LogP contribution >= 0.6 is 0 Å². The molecule has 0 saturated carbocycles. The van der Waals surface area contributed by atoms with Crippen LogP contribution in [0.2, 0.25) is 0 Å². The van der Waals surface area contributed by atoms with Gasteiger partial charge in [-0.15, -0.1) is 0 Å². The topological polar surface area (TPSA) is 47.5 Å². The zero-order valence-corrected chi connectivity index (χ0v) is 7.02. The predicted molar refractivity (Wildman–Crippen MR) is 43.1 cm³/mol. The fraction of sp³-hybridized carbons (Fsp3) is 0.714. The lowest BCUT2D eigenvalue weighted by Crippen LogP contribution is -2.35. The van der Waals surface area contributed by atoms with Gasteiger partial charge in [0.2, 0.25) is 0 Å². The Morgan fingerprint density at radius 3 is 2.45 bits per heavy atom. The van der Waals surface area contributed by atoms with E-state index in [1.54, 1.807) is 0 Å². The second-order valence-electron chi connectivity index (χ2n) is 2.60. The first-order valence-electron chi connectivity index (χ1n) is 3.79. The van der Waals surface area contributed by atoms with Crippen molar-refractivity contribution in [1.82, 2.24) is 15.7 Å². The maximum Gasteiger partial charge on any atom is 0.0653 e. The highest BCUT2D eigenvalue weighted by Gasteiger charge is 2.14. The Hall–Kier alpha value is -0.740. The molecule has 1 rings (SSSR count). The van der Waals surface area contributed by atoms with Gasteiger partial charge in [0, 0.05) is 38.5 Å². The third-order valence-electron chi connectivity index (χ3n) is 1.93. The summed E-state index contributed by atoms with van der Waals surface area (Å²) in [5.41, 5.74) is 2.26. The average molecular weight is 157 g/mol. The summed E-state index contributed by atoms with van der Waals surface area (Å²) in [7, 11) is 3.77. The Morgan fingerprint density at radius 1 is 1.27 bits per heavy atom. The third kappa shape index (κ3) is 1.85. The quantitative estimate of drug-likeness (QED) is 0.516. The van der Waals surface area contributed by atoms with Crippen LogP contribution in [-0.4, -0.2) is 37.5 Å². The van der Waals surface area contributed by atoms with Gasteiger partial charge in [-0.25, -0.2) is 0 Å². The van der Waals surface area contributed by atoms with Crippen molar-refractivity contribution in [1.29, 1.82) is 0 Å². The van der Waals surface area contributed by atoms with E-state index in [9.17, 15) is 0 Å². The van der Waals surface area contributed by atoms with Crippen LogP contribution < -0.4 is 10.6 Å². The van der Waals surface area contributed by atoms with Crippen LogP contribution in [0.4, 0.5) is 0 Å². The summed E-state index contributed by atoms with van der Waals surface area (Å²) in [4.78, 5) is 0. The molecule has 1 aliphatic rings. The Bertz CT molecular complexity index is 167. The van der Waals surface area contributed by atoms with E-state index < -0.39 is 0 Å². The fourth-order valence-electron chi connectivity index (χ4n) is 1.25. The number of hydrogen-bond acceptors (Lipinski definition) is 4. The number of nitrogens with one attached hydrogen (secondary N) is 2. The fourth-order valence-corrected chi connectivity index (χ4v) is 1.25. The molecule has 0 fully saturated rings. The molecular weight excluding hydrogens is 142 g/mol. The zero-order chi connectivity index (χ0) is 8.27. The van der Waals surface area contributed by atoms with Gasteiger partial charge in [0.1, 0.15) is 0 Å². The van der Waals surface area contributed by atoms with Crippen molar-refractivity contribution in [2.24, 2.45) is 0 Å². The zero-order valence-electron chi connectivity index (χ0n) is 7.02. The van der Waals surface area contributed by atoms with Crippen molar-refractivity contribution < 1.29 is 5.21 Å². The van der Waals surface area contributed by atoms with Crippen molar-refractivity contribution in [3.05, 3.63) is 11.4 Å². The normalized spacial score (nSPS) is 20.3. The van der Waals surface area contributed by atoms with E-state index in [0.29, 0.717) is 13.1 Å². The standard InChI is InChI=1S/C7H15N3O/c1-8-6-3-4-10(11)5-7(6)9-2/h8-9,11H,3-5H2,1-2H3. The lowest BCUT2D eigenvalue weighted by atomic mass is 10.2. The first kappa shape index (κ1) is 8.36. The van der Waals surface area contributed by atoms with E-state index in [1.807, 2.05) is 14.1 Å². The number of hydroxylamine groups is 2. The van der Waals surface area contributed by atoms with Gasteiger partial charge in [-0.3, -0.25) is 0 Å². The Morgan fingerprint density at radius 2 is 1.91 bits per heavy atom. The minimum atomic E-state index is 0.590. The molecule has 0 spiro atoms. The summed E-state index contributed by atoms with van der Waals surface area (Å²) in [5.74, 6) is 0. The molecule has 11 heavy (non-hydrogen) atoms. The molecule has 3 N–H and O–H groups in total. The maximum atomic E-state index is 9.16. The van der Waals surface area contributed by atoms with Crippen molar-refractivity contribution >= 4 is 0 Å². The smallest absolute Gasteiger partial charge is 0.0653 e. The second kappa shape index (κ2) is 3.59. The van der Waals surface area contributed by atoms with Crippen LogP contribution in [0.3, 0.4) is 0 Å². The molecule has 0 bridgehead atoms. The molecule has 1 aliphatic heterocycles. The van der Waals surface area contributed by atoms with Crippen LogP contribution in [-0.2, 0) is 0 Å². The van der Waals surface area contributed by atoms with Crippen LogP contribution in [0.1, 0.15) is 6.42 Å². The van der Waals surface area contributed by atoms with Gasteiger partial charge in [-0.05, 0) is 0 Å². The van der Waals surface area contributed by atoms with Gasteiger partial charge in [-0.2, -0.15) is 5.06 Å². The summed E-state index contributed by atoms with van der Waals surface area (Å²) < 4.78 is 0. The first-order chi connectivity index (χ1) is 5.27. The molecule has 4 heteroatoms. The highest BCUT2D eigenvalue weighted by atomic mass is 16.5. The summed E-state index contributed by atoms with van der Waals surface area (Å²) in [6.45, 7) is 1.30. The molecule has 0 aromatic rings. The van der Waals surface area contributed by atoms with Crippen LogP contribution in [0.25, 0.3) is 0 Å². The van der Waals surface area contributed by atoms with Crippen molar-refractivity contribution in [2.75, 3.05) is 27.2 Å². The molecule has 0 aliphatic carbocycles. The molecule has 64 valence electrons. The van der Waals surface area contributed by atoms with Gasteiger partial charge >= 0.3 is 0 Å². The van der Waals surface area contributed by atoms with Gasteiger partial charge in [0.05, 0.1) is 6.54 Å².